The molecular weight excluding hydrogens is 649 g/mol. The molecule has 0 aliphatic carbocycles. The number of hydrogen-bond acceptors (Lipinski definition) is 9. The van der Waals surface area contributed by atoms with Crippen LogP contribution in [0.1, 0.15) is 123 Å². The molecule has 0 radical (unpaired) electrons. The van der Waals surface area contributed by atoms with Gasteiger partial charge in [-0.2, -0.15) is 0 Å². The number of carboxylic acids is 1. The number of aliphatic carboxylic acids is 1. The van der Waals surface area contributed by atoms with Crippen molar-refractivity contribution < 1.29 is 47.5 Å². The number of allylic oxidation sites excluding steroid dienone is 10. The van der Waals surface area contributed by atoms with Gasteiger partial charge in [0.25, 0.3) is 0 Å². The summed E-state index contributed by atoms with van der Waals surface area (Å²) in [5.74, 6) is -2.53. The maximum absolute atomic E-state index is 12.5. The summed E-state index contributed by atoms with van der Waals surface area (Å²) in [5, 5.41) is 8.84. The van der Waals surface area contributed by atoms with Gasteiger partial charge in [-0.1, -0.05) is 107 Å². The number of hydrogen-bond donors (Lipinski definition) is 3. The van der Waals surface area contributed by atoms with Gasteiger partial charge in [0, 0.05) is 12.8 Å². The van der Waals surface area contributed by atoms with Crippen molar-refractivity contribution in [1.29, 1.82) is 0 Å². The second kappa shape index (κ2) is 32.4. The Balaban J connectivity index is 4.64. The molecule has 0 aliphatic heterocycles. The second-order valence-electron chi connectivity index (χ2n) is 11.6. The monoisotopic (exact) mass is 711 g/mol. The van der Waals surface area contributed by atoms with E-state index in [4.69, 9.17) is 24.8 Å². The Morgan fingerprint density at radius 3 is 1.80 bits per heavy atom. The summed E-state index contributed by atoms with van der Waals surface area (Å²) in [6, 6.07) is -1.53. The number of unbranched alkanes of at least 4 members (excludes halogenated alkanes) is 8. The van der Waals surface area contributed by atoms with Crippen LogP contribution in [0.5, 0.6) is 0 Å². The predicted molar refractivity (Wildman–Crippen MR) is 194 cm³/mol. The first-order chi connectivity index (χ1) is 23.6. The van der Waals surface area contributed by atoms with Crippen LogP contribution in [0.3, 0.4) is 0 Å². The van der Waals surface area contributed by atoms with Gasteiger partial charge in [-0.25, -0.2) is 4.57 Å². The van der Waals surface area contributed by atoms with Gasteiger partial charge in [-0.15, -0.1) is 0 Å². The molecule has 0 aromatic carbocycles. The van der Waals surface area contributed by atoms with Gasteiger partial charge in [-0.05, 0) is 64.2 Å². The maximum Gasteiger partial charge on any atom is 0.472 e. The summed E-state index contributed by atoms with van der Waals surface area (Å²) in [6.45, 7) is 2.53. The summed E-state index contributed by atoms with van der Waals surface area (Å²) in [5.41, 5.74) is 5.30. The largest absolute Gasteiger partial charge is 0.480 e. The molecule has 0 bridgehead atoms. The minimum atomic E-state index is -4.73. The lowest BCUT2D eigenvalue weighted by molar-refractivity contribution is -0.161. The van der Waals surface area contributed by atoms with Crippen LogP contribution in [0, 0.1) is 0 Å². The number of ether oxygens (including phenoxy) is 2. The van der Waals surface area contributed by atoms with Crippen molar-refractivity contribution >= 4 is 25.7 Å². The SMILES string of the molecule is CC/C=C/C/C=C/C/C=C/CCCCC(=O)OCC(COP(=O)(O)OC[C@H](N)C(=O)O)OC(=O)CC/C=C/C/C=C/CCCCCCCC. The maximum atomic E-state index is 12.5. The highest BCUT2D eigenvalue weighted by Crippen LogP contribution is 2.43. The molecule has 0 spiro atoms. The zero-order chi connectivity index (χ0) is 36.4. The van der Waals surface area contributed by atoms with E-state index in [1.165, 1.54) is 38.5 Å². The van der Waals surface area contributed by atoms with Gasteiger partial charge in [-0.3, -0.25) is 23.4 Å². The van der Waals surface area contributed by atoms with Crippen LogP contribution in [0.2, 0.25) is 0 Å². The minimum Gasteiger partial charge on any atom is -0.480 e. The Morgan fingerprint density at radius 1 is 0.653 bits per heavy atom. The van der Waals surface area contributed by atoms with Crippen LogP contribution in [0.4, 0.5) is 0 Å². The molecule has 2 unspecified atom stereocenters. The van der Waals surface area contributed by atoms with E-state index in [9.17, 15) is 23.8 Å². The lowest BCUT2D eigenvalue weighted by Gasteiger charge is -2.20. The molecule has 49 heavy (non-hydrogen) atoms. The number of nitrogens with two attached hydrogens (primary N) is 1. The third-order valence-corrected chi connectivity index (χ3v) is 7.96. The average Bonchev–Trinajstić information content (AvgIpc) is 3.07. The van der Waals surface area contributed by atoms with Crippen molar-refractivity contribution in [3.63, 3.8) is 0 Å². The van der Waals surface area contributed by atoms with Crippen LogP contribution in [-0.4, -0.2) is 59.9 Å². The van der Waals surface area contributed by atoms with Gasteiger partial charge >= 0.3 is 25.7 Å². The van der Waals surface area contributed by atoms with Crippen LogP contribution >= 0.6 is 7.82 Å². The summed E-state index contributed by atoms with van der Waals surface area (Å²) < 4.78 is 32.3. The smallest absolute Gasteiger partial charge is 0.472 e. The van der Waals surface area contributed by atoms with E-state index in [-0.39, 0.29) is 12.8 Å². The lowest BCUT2D eigenvalue weighted by Crippen LogP contribution is -2.34. The van der Waals surface area contributed by atoms with Crippen molar-refractivity contribution in [3.8, 4) is 0 Å². The zero-order valence-electron chi connectivity index (χ0n) is 29.8. The Labute approximate surface area is 294 Å². The second-order valence-corrected chi connectivity index (χ2v) is 13.1. The topological polar surface area (TPSA) is 172 Å². The van der Waals surface area contributed by atoms with Crippen LogP contribution in [0.15, 0.2) is 60.8 Å². The Hall–Kier alpha value is -2.82. The van der Waals surface area contributed by atoms with Gasteiger partial charge in [0.2, 0.25) is 0 Å². The summed E-state index contributed by atoms with van der Waals surface area (Å²) in [6.07, 6.45) is 34.7. The molecule has 4 N–H and O–H groups in total. The molecule has 0 saturated carbocycles. The van der Waals surface area contributed by atoms with Crippen LogP contribution in [0.25, 0.3) is 0 Å². The van der Waals surface area contributed by atoms with Gasteiger partial charge in [0.1, 0.15) is 12.6 Å². The molecule has 11 nitrogen and oxygen atoms in total. The highest BCUT2D eigenvalue weighted by atomic mass is 31.2. The Kier molecular flexibility index (Phi) is 30.5. The van der Waals surface area contributed by atoms with E-state index in [1.54, 1.807) is 0 Å². The van der Waals surface area contributed by atoms with Gasteiger partial charge in [0.05, 0.1) is 13.2 Å². The molecule has 0 heterocycles. The van der Waals surface area contributed by atoms with E-state index < -0.39 is 57.7 Å². The van der Waals surface area contributed by atoms with Crippen molar-refractivity contribution in [2.75, 3.05) is 19.8 Å². The lowest BCUT2D eigenvalue weighted by atomic mass is 10.1. The molecule has 3 atom stereocenters. The molecule has 0 rings (SSSR count). The van der Waals surface area contributed by atoms with Crippen molar-refractivity contribution in [3.05, 3.63) is 60.8 Å². The first-order valence-corrected chi connectivity index (χ1v) is 19.3. The first-order valence-electron chi connectivity index (χ1n) is 17.8. The minimum absolute atomic E-state index is 0.0440. The van der Waals surface area contributed by atoms with Crippen LogP contribution < -0.4 is 5.73 Å². The van der Waals surface area contributed by atoms with E-state index >= 15 is 0 Å². The van der Waals surface area contributed by atoms with Gasteiger partial charge in [0.15, 0.2) is 6.10 Å². The number of esters is 2. The first kappa shape index (κ1) is 46.2. The molecule has 0 amide bonds. The van der Waals surface area contributed by atoms with E-state index in [0.717, 1.165) is 44.9 Å². The number of carbonyl (C=O) groups is 3. The molecule has 0 saturated heterocycles. The molecular formula is C37H62NO10P. The highest BCUT2D eigenvalue weighted by Gasteiger charge is 2.28. The molecule has 0 aromatic rings. The molecule has 0 aliphatic rings. The van der Waals surface area contributed by atoms with Crippen molar-refractivity contribution in [1.82, 2.24) is 0 Å². The van der Waals surface area contributed by atoms with Crippen LogP contribution in [-0.2, 0) is 37.5 Å². The third kappa shape index (κ3) is 32.2. The quantitative estimate of drug-likeness (QED) is 0.0265. The van der Waals surface area contributed by atoms with Crippen molar-refractivity contribution in [2.24, 2.45) is 5.73 Å². The summed E-state index contributed by atoms with van der Waals surface area (Å²) in [4.78, 5) is 45.6. The normalized spacial score (nSPS) is 14.7. The van der Waals surface area contributed by atoms with Gasteiger partial charge < -0.3 is 25.2 Å². The summed E-state index contributed by atoms with van der Waals surface area (Å²) >= 11 is 0. The fourth-order valence-corrected chi connectivity index (χ4v) is 4.97. The fourth-order valence-electron chi connectivity index (χ4n) is 4.19. The molecule has 0 fully saturated rings. The number of phosphoric ester groups is 1. The average molecular weight is 712 g/mol. The molecule has 280 valence electrons. The van der Waals surface area contributed by atoms with E-state index in [2.05, 4.69) is 67.0 Å². The highest BCUT2D eigenvalue weighted by molar-refractivity contribution is 7.47. The Bertz CT molecular complexity index is 1070. The van der Waals surface area contributed by atoms with E-state index in [0.29, 0.717) is 12.8 Å². The molecule has 0 aromatic heterocycles. The number of rotatable bonds is 32. The third-order valence-electron chi connectivity index (χ3n) is 7.01. The zero-order valence-corrected chi connectivity index (χ0v) is 30.6. The number of phosphoric acid groups is 1. The predicted octanol–water partition coefficient (Wildman–Crippen LogP) is 8.44. The standard InChI is InChI=1S/C37H62NO10P/c1-3-5-7-9-11-13-15-17-19-21-23-25-27-29-36(40)48-33(31-46-49(43,44)47-32-34(38)37(41)42)30-45-35(39)28-26-24-22-20-18-16-14-12-10-8-6-4-2/h6,8,12,14,17-20,23,25,33-34H,3-5,7,9-11,13,15-16,21-22,24,26-32,38H2,1-2H3,(H,41,42)(H,43,44)/b8-6+,14-12+,19-17+,20-18+,25-23+/t33?,34-/m0/s1. The Morgan fingerprint density at radius 2 is 1.18 bits per heavy atom. The number of carbonyl (C=O) groups excluding carboxylic acids is 2. The number of carboxylic acid groups (broad SMARTS) is 1. The summed E-state index contributed by atoms with van der Waals surface area (Å²) in [7, 11) is -4.73. The molecule has 12 heteroatoms. The van der Waals surface area contributed by atoms with E-state index in [1.807, 2.05) is 12.2 Å². The van der Waals surface area contributed by atoms with Crippen molar-refractivity contribution in [2.45, 2.75) is 135 Å². The fraction of sp³-hybridized carbons (Fsp3) is 0.649.